The van der Waals surface area contributed by atoms with Crippen molar-refractivity contribution < 1.29 is 8.78 Å². The van der Waals surface area contributed by atoms with Crippen LogP contribution in [-0.2, 0) is 13.0 Å². The van der Waals surface area contributed by atoms with Crippen molar-refractivity contribution in [3.05, 3.63) is 29.6 Å². The van der Waals surface area contributed by atoms with Crippen molar-refractivity contribution in [3.8, 4) is 0 Å². The van der Waals surface area contributed by atoms with E-state index < -0.39 is 11.6 Å². The standard InChI is InChI=1S/C14H15ClF2N2/c1-14(3-4-14)8-19-11-7-9(16)6-10(17)13(11)18-12(19)2-5-15/h6-7H,2-5,8H2,1H3. The molecule has 19 heavy (non-hydrogen) atoms. The van der Waals surface area contributed by atoms with E-state index in [0.29, 0.717) is 17.8 Å². The molecule has 1 aliphatic rings. The molecule has 1 aromatic carbocycles. The van der Waals surface area contributed by atoms with E-state index >= 15 is 0 Å². The lowest BCUT2D eigenvalue weighted by molar-refractivity contribution is 0.462. The Labute approximate surface area is 115 Å². The van der Waals surface area contributed by atoms with Gasteiger partial charge in [-0.1, -0.05) is 6.92 Å². The summed E-state index contributed by atoms with van der Waals surface area (Å²) in [5, 5.41) is 0. The third-order valence-electron chi connectivity index (χ3n) is 3.81. The summed E-state index contributed by atoms with van der Waals surface area (Å²) in [5.41, 5.74) is 1.01. The second kappa shape index (κ2) is 4.44. The normalized spacial score (nSPS) is 17.1. The van der Waals surface area contributed by atoms with Crippen LogP contribution in [0.1, 0.15) is 25.6 Å². The number of imidazole rings is 1. The Balaban J connectivity index is 2.16. The van der Waals surface area contributed by atoms with E-state index in [0.717, 1.165) is 31.3 Å². The van der Waals surface area contributed by atoms with E-state index in [1.54, 1.807) is 0 Å². The maximum absolute atomic E-state index is 13.8. The van der Waals surface area contributed by atoms with Crippen LogP contribution in [0.4, 0.5) is 8.78 Å². The van der Waals surface area contributed by atoms with Gasteiger partial charge in [0.2, 0.25) is 0 Å². The SMILES string of the molecule is CC1(Cn2c(CCCl)nc3c(F)cc(F)cc32)CC1. The highest BCUT2D eigenvalue weighted by atomic mass is 35.5. The minimum absolute atomic E-state index is 0.234. The van der Waals surface area contributed by atoms with Gasteiger partial charge in [0, 0.05) is 24.9 Å². The first kappa shape index (κ1) is 12.9. The van der Waals surface area contributed by atoms with Crippen LogP contribution in [0.2, 0.25) is 0 Å². The largest absolute Gasteiger partial charge is 0.327 e. The van der Waals surface area contributed by atoms with E-state index in [1.165, 1.54) is 6.07 Å². The van der Waals surface area contributed by atoms with Gasteiger partial charge in [-0.25, -0.2) is 13.8 Å². The van der Waals surface area contributed by atoms with Crippen molar-refractivity contribution in [3.63, 3.8) is 0 Å². The number of hydrogen-bond acceptors (Lipinski definition) is 1. The molecule has 102 valence electrons. The number of halogens is 3. The van der Waals surface area contributed by atoms with Crippen LogP contribution in [0.25, 0.3) is 11.0 Å². The van der Waals surface area contributed by atoms with Crippen molar-refractivity contribution >= 4 is 22.6 Å². The second-order valence-corrected chi connectivity index (χ2v) is 6.00. The Morgan fingerprint density at radius 3 is 2.74 bits per heavy atom. The first-order valence-electron chi connectivity index (χ1n) is 6.42. The van der Waals surface area contributed by atoms with E-state index in [-0.39, 0.29) is 10.9 Å². The zero-order valence-corrected chi connectivity index (χ0v) is 11.5. The zero-order chi connectivity index (χ0) is 13.6. The summed E-state index contributed by atoms with van der Waals surface area (Å²) in [5.74, 6) is -0.0119. The minimum Gasteiger partial charge on any atom is -0.327 e. The van der Waals surface area contributed by atoms with Crippen LogP contribution < -0.4 is 0 Å². The number of hydrogen-bond donors (Lipinski definition) is 0. The number of nitrogens with zero attached hydrogens (tertiary/aromatic N) is 2. The highest BCUT2D eigenvalue weighted by Crippen LogP contribution is 2.47. The summed E-state index contributed by atoms with van der Waals surface area (Å²) in [6.07, 6.45) is 2.85. The van der Waals surface area contributed by atoms with E-state index in [9.17, 15) is 8.78 Å². The first-order valence-corrected chi connectivity index (χ1v) is 6.96. The van der Waals surface area contributed by atoms with Crippen molar-refractivity contribution in [2.75, 3.05) is 5.88 Å². The Hall–Kier alpha value is -1.16. The molecule has 5 heteroatoms. The predicted octanol–water partition coefficient (Wildman–Crippen LogP) is 3.90. The number of benzene rings is 1. The van der Waals surface area contributed by atoms with Crippen LogP contribution >= 0.6 is 11.6 Å². The second-order valence-electron chi connectivity index (χ2n) is 5.62. The maximum atomic E-state index is 13.8. The lowest BCUT2D eigenvalue weighted by Gasteiger charge is -2.13. The maximum Gasteiger partial charge on any atom is 0.153 e. The van der Waals surface area contributed by atoms with Crippen molar-refractivity contribution in [2.45, 2.75) is 32.7 Å². The Bertz CT molecular complexity index is 632. The third kappa shape index (κ3) is 2.34. The highest BCUT2D eigenvalue weighted by Gasteiger charge is 2.38. The molecule has 0 radical (unpaired) electrons. The molecule has 1 saturated carbocycles. The van der Waals surface area contributed by atoms with Gasteiger partial charge in [0.25, 0.3) is 0 Å². The molecule has 0 spiro atoms. The predicted molar refractivity (Wildman–Crippen MR) is 71.4 cm³/mol. The lowest BCUT2D eigenvalue weighted by Crippen LogP contribution is -2.11. The van der Waals surface area contributed by atoms with Crippen molar-refractivity contribution in [1.29, 1.82) is 0 Å². The average molecular weight is 285 g/mol. The van der Waals surface area contributed by atoms with Gasteiger partial charge >= 0.3 is 0 Å². The monoisotopic (exact) mass is 284 g/mol. The molecule has 3 rings (SSSR count). The van der Waals surface area contributed by atoms with Gasteiger partial charge in [0.1, 0.15) is 17.2 Å². The number of rotatable bonds is 4. The van der Waals surface area contributed by atoms with E-state index in [1.807, 2.05) is 4.57 Å². The molecule has 0 unspecified atom stereocenters. The first-order chi connectivity index (χ1) is 9.02. The molecule has 2 aromatic rings. The topological polar surface area (TPSA) is 17.8 Å². The molecule has 0 N–H and O–H groups in total. The van der Waals surface area contributed by atoms with Crippen LogP contribution in [0, 0.1) is 17.0 Å². The number of alkyl halides is 1. The summed E-state index contributed by atoms with van der Waals surface area (Å²) in [6, 6.07) is 2.23. The molecular formula is C14H15ClF2N2. The smallest absolute Gasteiger partial charge is 0.153 e. The molecule has 1 aliphatic carbocycles. The molecule has 1 heterocycles. The Kier molecular flexibility index (Phi) is 3.01. The fourth-order valence-corrected chi connectivity index (χ4v) is 2.57. The number of aromatic nitrogens is 2. The number of aryl methyl sites for hydroxylation is 1. The molecule has 0 aliphatic heterocycles. The molecule has 1 aromatic heterocycles. The fourth-order valence-electron chi connectivity index (χ4n) is 2.40. The van der Waals surface area contributed by atoms with Gasteiger partial charge in [0.05, 0.1) is 5.52 Å². The van der Waals surface area contributed by atoms with Crippen molar-refractivity contribution in [2.24, 2.45) is 5.41 Å². The lowest BCUT2D eigenvalue weighted by atomic mass is 10.1. The summed E-state index contributed by atoms with van der Waals surface area (Å²) < 4.78 is 29.1. The van der Waals surface area contributed by atoms with Gasteiger partial charge in [0.15, 0.2) is 5.82 Å². The van der Waals surface area contributed by atoms with Gasteiger partial charge in [-0.15, -0.1) is 11.6 Å². The minimum atomic E-state index is -0.606. The number of fused-ring (bicyclic) bond motifs is 1. The quantitative estimate of drug-likeness (QED) is 0.779. The molecule has 0 atom stereocenters. The zero-order valence-electron chi connectivity index (χ0n) is 10.7. The summed E-state index contributed by atoms with van der Waals surface area (Å²) in [6.45, 7) is 2.93. The molecule has 2 nitrogen and oxygen atoms in total. The molecule has 1 fully saturated rings. The van der Waals surface area contributed by atoms with Gasteiger partial charge in [-0.05, 0) is 24.3 Å². The van der Waals surface area contributed by atoms with E-state index in [2.05, 4.69) is 11.9 Å². The molecule has 0 amide bonds. The third-order valence-corrected chi connectivity index (χ3v) is 4.00. The Morgan fingerprint density at radius 2 is 2.11 bits per heavy atom. The summed E-state index contributed by atoms with van der Waals surface area (Å²) >= 11 is 5.77. The van der Waals surface area contributed by atoms with Gasteiger partial charge in [-0.3, -0.25) is 0 Å². The molecular weight excluding hydrogens is 270 g/mol. The molecule has 0 bridgehead atoms. The van der Waals surface area contributed by atoms with Crippen molar-refractivity contribution in [1.82, 2.24) is 9.55 Å². The van der Waals surface area contributed by atoms with Crippen LogP contribution in [0.5, 0.6) is 0 Å². The van der Waals surface area contributed by atoms with Crippen LogP contribution in [0.3, 0.4) is 0 Å². The highest BCUT2D eigenvalue weighted by molar-refractivity contribution is 6.17. The summed E-state index contributed by atoms with van der Waals surface area (Å²) in [4.78, 5) is 4.29. The molecule has 0 saturated heterocycles. The van der Waals surface area contributed by atoms with Gasteiger partial charge < -0.3 is 4.57 Å². The van der Waals surface area contributed by atoms with E-state index in [4.69, 9.17) is 11.6 Å². The summed E-state index contributed by atoms with van der Waals surface area (Å²) in [7, 11) is 0. The van der Waals surface area contributed by atoms with Gasteiger partial charge in [-0.2, -0.15) is 0 Å². The van der Waals surface area contributed by atoms with Crippen LogP contribution in [-0.4, -0.2) is 15.4 Å². The Morgan fingerprint density at radius 1 is 1.37 bits per heavy atom. The van der Waals surface area contributed by atoms with Crippen LogP contribution in [0.15, 0.2) is 12.1 Å². The fraction of sp³-hybridized carbons (Fsp3) is 0.500. The average Bonchev–Trinajstić information content (AvgIpc) is 2.97.